The summed E-state index contributed by atoms with van der Waals surface area (Å²) in [6.07, 6.45) is 0. The lowest BCUT2D eigenvalue weighted by Gasteiger charge is -2.32. The van der Waals surface area contributed by atoms with Crippen molar-refractivity contribution in [2.45, 2.75) is 20.4 Å². The summed E-state index contributed by atoms with van der Waals surface area (Å²) in [6.45, 7) is 4.64. The Hall–Kier alpha value is -3.15. The number of benzene rings is 2. The third-order valence-corrected chi connectivity index (χ3v) is 5.14. The molecule has 1 aromatic heterocycles. The molecule has 0 saturated heterocycles. The van der Waals surface area contributed by atoms with Gasteiger partial charge < -0.3 is 23.5 Å². The fraction of sp³-hybridized carbons (Fsp3) is 0.286. The number of fused-ring (bicyclic) bond motifs is 3. The number of rotatable bonds is 3. The Bertz CT molecular complexity index is 1090. The van der Waals surface area contributed by atoms with E-state index >= 15 is 0 Å². The molecule has 1 aliphatic rings. The topological polar surface area (TPSA) is 61.1 Å². The van der Waals surface area contributed by atoms with E-state index in [1.54, 1.807) is 21.1 Å². The second-order valence-electron chi connectivity index (χ2n) is 6.57. The molecule has 0 saturated carbocycles. The van der Waals surface area contributed by atoms with Gasteiger partial charge in [0.25, 0.3) is 0 Å². The fourth-order valence-electron chi connectivity index (χ4n) is 3.42. The number of nitrogens with zero attached hydrogens (tertiary/aromatic N) is 1. The zero-order valence-corrected chi connectivity index (χ0v) is 15.8. The van der Waals surface area contributed by atoms with Crippen molar-refractivity contribution in [3.63, 3.8) is 0 Å². The van der Waals surface area contributed by atoms with Gasteiger partial charge in [0, 0.05) is 17.0 Å². The second-order valence-corrected chi connectivity index (χ2v) is 6.57. The molecule has 0 amide bonds. The van der Waals surface area contributed by atoms with Gasteiger partial charge in [0.15, 0.2) is 6.73 Å². The molecule has 1 aliphatic heterocycles. The van der Waals surface area contributed by atoms with Crippen LogP contribution in [-0.2, 0) is 6.54 Å². The Morgan fingerprint density at radius 3 is 2.59 bits per heavy atom. The van der Waals surface area contributed by atoms with Crippen molar-refractivity contribution in [1.82, 2.24) is 0 Å². The molecule has 2 heterocycles. The van der Waals surface area contributed by atoms with E-state index in [-0.39, 0.29) is 5.63 Å². The molecule has 0 atom stereocenters. The number of ether oxygens (including phenoxy) is 3. The van der Waals surface area contributed by atoms with Crippen molar-refractivity contribution in [3.8, 4) is 17.2 Å². The summed E-state index contributed by atoms with van der Waals surface area (Å²) >= 11 is 0. The maximum Gasteiger partial charge on any atom is 0.339 e. The van der Waals surface area contributed by atoms with Crippen LogP contribution in [0, 0.1) is 13.8 Å². The van der Waals surface area contributed by atoms with Gasteiger partial charge in [-0.3, -0.25) is 0 Å². The second kappa shape index (κ2) is 6.54. The van der Waals surface area contributed by atoms with Crippen LogP contribution in [0.25, 0.3) is 11.0 Å². The summed E-state index contributed by atoms with van der Waals surface area (Å²) in [7, 11) is 3.24. The van der Waals surface area contributed by atoms with Crippen molar-refractivity contribution in [2.24, 2.45) is 0 Å². The molecule has 0 fully saturated rings. The highest BCUT2D eigenvalue weighted by molar-refractivity contribution is 5.86. The Labute approximate surface area is 156 Å². The van der Waals surface area contributed by atoms with E-state index in [0.717, 1.165) is 33.7 Å². The molecule has 0 spiro atoms. The quantitative estimate of drug-likeness (QED) is 0.657. The SMILES string of the molecule is COc1ccc(N2COc3ccc4c(C)c(C)c(=O)oc4c3C2)c(OC)c1. The minimum atomic E-state index is -0.312. The van der Waals surface area contributed by atoms with Crippen LogP contribution < -0.4 is 24.7 Å². The highest BCUT2D eigenvalue weighted by atomic mass is 16.5. The average Bonchev–Trinajstić information content (AvgIpc) is 2.71. The molecular formula is C21H21NO5. The van der Waals surface area contributed by atoms with Gasteiger partial charge in [-0.1, -0.05) is 0 Å². The number of aryl methyl sites for hydroxylation is 1. The molecule has 3 aromatic rings. The van der Waals surface area contributed by atoms with Gasteiger partial charge in [-0.15, -0.1) is 0 Å². The lowest BCUT2D eigenvalue weighted by atomic mass is 10.0. The molecule has 0 bridgehead atoms. The Morgan fingerprint density at radius 2 is 1.85 bits per heavy atom. The Balaban J connectivity index is 1.82. The van der Waals surface area contributed by atoms with Gasteiger partial charge in [-0.25, -0.2) is 4.79 Å². The standard InChI is InChI=1S/C21H21NO5/c1-12-13(2)21(23)27-20-15(12)6-8-18-16(20)10-22(11-26-18)17-7-5-14(24-3)9-19(17)25-4/h5-9H,10-11H2,1-4H3. The van der Waals surface area contributed by atoms with Crippen LogP contribution in [0.1, 0.15) is 16.7 Å². The molecule has 140 valence electrons. The van der Waals surface area contributed by atoms with Crippen LogP contribution in [-0.4, -0.2) is 21.0 Å². The fourth-order valence-corrected chi connectivity index (χ4v) is 3.42. The van der Waals surface area contributed by atoms with E-state index in [2.05, 4.69) is 0 Å². The van der Waals surface area contributed by atoms with E-state index in [1.165, 1.54) is 0 Å². The summed E-state index contributed by atoms with van der Waals surface area (Å²) in [4.78, 5) is 14.2. The van der Waals surface area contributed by atoms with Crippen LogP contribution >= 0.6 is 0 Å². The lowest BCUT2D eigenvalue weighted by Crippen LogP contribution is -2.32. The van der Waals surface area contributed by atoms with Crippen LogP contribution in [0.4, 0.5) is 5.69 Å². The van der Waals surface area contributed by atoms with Gasteiger partial charge >= 0.3 is 5.63 Å². The first-order valence-electron chi connectivity index (χ1n) is 8.69. The summed E-state index contributed by atoms with van der Waals surface area (Å²) in [5.74, 6) is 2.14. The van der Waals surface area contributed by atoms with Crippen molar-refractivity contribution >= 4 is 16.7 Å². The molecule has 4 rings (SSSR count). The van der Waals surface area contributed by atoms with Gasteiger partial charge in [-0.05, 0) is 43.7 Å². The van der Waals surface area contributed by atoms with Gasteiger partial charge in [0.05, 0.1) is 32.0 Å². The van der Waals surface area contributed by atoms with Crippen molar-refractivity contribution in [2.75, 3.05) is 25.9 Å². The molecule has 0 unspecified atom stereocenters. The first-order valence-corrected chi connectivity index (χ1v) is 8.69. The third-order valence-electron chi connectivity index (χ3n) is 5.14. The number of anilines is 1. The summed E-state index contributed by atoms with van der Waals surface area (Å²) in [6, 6.07) is 9.53. The molecule has 2 aromatic carbocycles. The van der Waals surface area contributed by atoms with Gasteiger partial charge in [-0.2, -0.15) is 0 Å². The van der Waals surface area contributed by atoms with Crippen molar-refractivity contribution in [1.29, 1.82) is 0 Å². The van der Waals surface area contributed by atoms with Crippen LogP contribution in [0.5, 0.6) is 17.2 Å². The van der Waals surface area contributed by atoms with E-state index in [9.17, 15) is 4.79 Å². The van der Waals surface area contributed by atoms with Crippen molar-refractivity contribution < 1.29 is 18.6 Å². The van der Waals surface area contributed by atoms with Crippen molar-refractivity contribution in [3.05, 3.63) is 57.4 Å². The molecule has 6 nitrogen and oxygen atoms in total. The molecular weight excluding hydrogens is 346 g/mol. The zero-order chi connectivity index (χ0) is 19.1. The summed E-state index contributed by atoms with van der Waals surface area (Å²) in [5.41, 5.74) is 3.57. The molecule has 6 heteroatoms. The van der Waals surface area contributed by atoms with E-state index in [4.69, 9.17) is 18.6 Å². The Kier molecular flexibility index (Phi) is 4.18. The van der Waals surface area contributed by atoms with Crippen LogP contribution in [0.3, 0.4) is 0 Å². The number of hydrogen-bond donors (Lipinski definition) is 0. The number of hydrogen-bond acceptors (Lipinski definition) is 6. The van der Waals surface area contributed by atoms with Gasteiger partial charge in [0.2, 0.25) is 0 Å². The summed E-state index contributed by atoms with van der Waals surface area (Å²) in [5, 5.41) is 0.929. The molecule has 27 heavy (non-hydrogen) atoms. The first kappa shape index (κ1) is 17.3. The molecule has 0 aliphatic carbocycles. The lowest BCUT2D eigenvalue weighted by molar-refractivity contribution is 0.286. The smallest absolute Gasteiger partial charge is 0.339 e. The van der Waals surface area contributed by atoms with Crippen LogP contribution in [0.2, 0.25) is 0 Å². The van der Waals surface area contributed by atoms with E-state index in [0.29, 0.717) is 30.2 Å². The highest BCUT2D eigenvalue weighted by Crippen LogP contribution is 2.38. The minimum Gasteiger partial charge on any atom is -0.497 e. The van der Waals surface area contributed by atoms with E-state index < -0.39 is 0 Å². The Morgan fingerprint density at radius 1 is 1.04 bits per heavy atom. The average molecular weight is 367 g/mol. The maximum atomic E-state index is 12.2. The highest BCUT2D eigenvalue weighted by Gasteiger charge is 2.24. The predicted octanol–water partition coefficient (Wildman–Crippen LogP) is 3.78. The third kappa shape index (κ3) is 2.77. The minimum absolute atomic E-state index is 0.312. The zero-order valence-electron chi connectivity index (χ0n) is 15.8. The number of methoxy groups -OCH3 is 2. The largest absolute Gasteiger partial charge is 0.497 e. The normalized spacial score (nSPS) is 13.3. The van der Waals surface area contributed by atoms with Crippen LogP contribution in [0.15, 0.2) is 39.5 Å². The predicted molar refractivity (Wildman–Crippen MR) is 103 cm³/mol. The maximum absolute atomic E-state index is 12.2. The molecule has 0 N–H and O–H groups in total. The summed E-state index contributed by atoms with van der Waals surface area (Å²) < 4.78 is 22.4. The van der Waals surface area contributed by atoms with E-state index in [1.807, 2.05) is 42.2 Å². The monoisotopic (exact) mass is 367 g/mol. The molecule has 0 radical (unpaired) electrons. The van der Waals surface area contributed by atoms with Gasteiger partial charge in [0.1, 0.15) is 22.8 Å². The first-order chi connectivity index (χ1) is 13.0.